The first-order valence-corrected chi connectivity index (χ1v) is 8.69. The van der Waals surface area contributed by atoms with E-state index in [0.29, 0.717) is 12.3 Å². The van der Waals surface area contributed by atoms with E-state index in [-0.39, 0.29) is 5.75 Å². The highest BCUT2D eigenvalue weighted by Gasteiger charge is 2.14. The van der Waals surface area contributed by atoms with Gasteiger partial charge in [0.15, 0.2) is 0 Å². The molecule has 23 heavy (non-hydrogen) atoms. The number of hydrogen-bond acceptors (Lipinski definition) is 3. The summed E-state index contributed by atoms with van der Waals surface area (Å²) in [5.41, 5.74) is 3.62. The molecule has 0 bridgehead atoms. The number of benzene rings is 2. The Hall–Kier alpha value is -1.91. The number of thioether (sulfide) groups is 1. The van der Waals surface area contributed by atoms with Crippen molar-refractivity contribution in [3.8, 4) is 5.75 Å². The van der Waals surface area contributed by atoms with Crippen molar-refractivity contribution in [3.63, 3.8) is 0 Å². The molecule has 120 valence electrons. The molecular weight excluding hydrogens is 306 g/mol. The maximum atomic E-state index is 10.4. The number of aromatic nitrogens is 1. The fourth-order valence-corrected chi connectivity index (χ4v) is 3.74. The molecule has 0 amide bonds. The zero-order valence-corrected chi connectivity index (χ0v) is 14.2. The number of phenolic OH excluding ortho intramolecular Hbond substituents is 1. The van der Waals surface area contributed by atoms with Crippen molar-refractivity contribution >= 4 is 22.7 Å². The van der Waals surface area contributed by atoms with Crippen LogP contribution in [0, 0.1) is 13.8 Å². The zero-order chi connectivity index (χ0) is 16.4. The molecule has 0 aliphatic rings. The Kier molecular flexibility index (Phi) is 4.64. The predicted octanol–water partition coefficient (Wildman–Crippen LogP) is 4.12. The van der Waals surface area contributed by atoms with Crippen LogP contribution in [0.3, 0.4) is 0 Å². The predicted molar refractivity (Wildman–Crippen MR) is 96.2 cm³/mol. The third-order valence-electron chi connectivity index (χ3n) is 4.24. The highest BCUT2D eigenvalue weighted by molar-refractivity contribution is 7.99. The van der Waals surface area contributed by atoms with Gasteiger partial charge in [-0.3, -0.25) is 0 Å². The van der Waals surface area contributed by atoms with Crippen molar-refractivity contribution in [1.82, 2.24) is 4.57 Å². The van der Waals surface area contributed by atoms with Gasteiger partial charge in [0.25, 0.3) is 0 Å². The smallest absolute Gasteiger partial charge is 0.129 e. The van der Waals surface area contributed by atoms with Crippen LogP contribution >= 0.6 is 11.8 Å². The molecule has 2 aromatic carbocycles. The average molecular weight is 327 g/mol. The van der Waals surface area contributed by atoms with E-state index in [0.717, 1.165) is 10.4 Å². The molecule has 3 nitrogen and oxygen atoms in total. The molecule has 2 N–H and O–H groups in total. The SMILES string of the molecule is Cc1c(C)n(CC(O)CSc2ccccc2O)c2ccccc12. The van der Waals surface area contributed by atoms with E-state index in [2.05, 4.69) is 30.5 Å². The molecule has 1 heterocycles. The van der Waals surface area contributed by atoms with E-state index in [1.807, 2.05) is 24.3 Å². The lowest BCUT2D eigenvalue weighted by Crippen LogP contribution is -2.19. The Morgan fingerprint density at radius 2 is 1.74 bits per heavy atom. The Balaban J connectivity index is 1.75. The van der Waals surface area contributed by atoms with Gasteiger partial charge < -0.3 is 14.8 Å². The van der Waals surface area contributed by atoms with Gasteiger partial charge in [0, 0.05) is 33.8 Å². The number of rotatable bonds is 5. The second-order valence-corrected chi connectivity index (χ2v) is 6.83. The van der Waals surface area contributed by atoms with Crippen molar-refractivity contribution in [2.75, 3.05) is 5.75 Å². The van der Waals surface area contributed by atoms with Crippen LogP contribution in [-0.4, -0.2) is 26.6 Å². The van der Waals surface area contributed by atoms with E-state index in [9.17, 15) is 10.2 Å². The number of fused-ring (bicyclic) bond motifs is 1. The highest BCUT2D eigenvalue weighted by Crippen LogP contribution is 2.29. The molecule has 0 spiro atoms. The van der Waals surface area contributed by atoms with Gasteiger partial charge in [0.2, 0.25) is 0 Å². The maximum absolute atomic E-state index is 10.4. The Bertz CT molecular complexity index is 825. The third kappa shape index (κ3) is 3.23. The number of para-hydroxylation sites is 2. The van der Waals surface area contributed by atoms with Gasteiger partial charge in [-0.15, -0.1) is 11.8 Å². The Labute approximate surface area is 140 Å². The number of aryl methyl sites for hydroxylation is 1. The van der Waals surface area contributed by atoms with E-state index < -0.39 is 6.10 Å². The summed E-state index contributed by atoms with van der Waals surface area (Å²) < 4.78 is 2.18. The minimum Gasteiger partial charge on any atom is -0.507 e. The second-order valence-electron chi connectivity index (χ2n) is 5.77. The molecule has 0 radical (unpaired) electrons. The minimum absolute atomic E-state index is 0.267. The van der Waals surface area contributed by atoms with Crippen LogP contribution in [0.15, 0.2) is 53.4 Å². The normalized spacial score (nSPS) is 12.7. The summed E-state index contributed by atoms with van der Waals surface area (Å²) in [5.74, 6) is 0.811. The fraction of sp³-hybridized carbons (Fsp3) is 0.263. The standard InChI is InChI=1S/C19H21NO2S/c1-13-14(2)20(17-8-4-3-7-16(13)17)11-15(21)12-23-19-10-6-5-9-18(19)22/h3-10,15,21-22H,11-12H2,1-2H3. The quantitative estimate of drug-likeness (QED) is 0.693. The third-order valence-corrected chi connectivity index (χ3v) is 5.44. The van der Waals surface area contributed by atoms with Crippen molar-refractivity contribution in [1.29, 1.82) is 0 Å². The molecule has 0 saturated carbocycles. The molecule has 1 unspecified atom stereocenters. The van der Waals surface area contributed by atoms with Crippen molar-refractivity contribution in [2.45, 2.75) is 31.4 Å². The fourth-order valence-electron chi connectivity index (χ4n) is 2.87. The summed E-state index contributed by atoms with van der Waals surface area (Å²) >= 11 is 1.48. The number of nitrogens with zero attached hydrogens (tertiary/aromatic N) is 1. The van der Waals surface area contributed by atoms with Crippen LogP contribution in [0.1, 0.15) is 11.3 Å². The highest BCUT2D eigenvalue weighted by atomic mass is 32.2. The van der Waals surface area contributed by atoms with Crippen LogP contribution in [0.2, 0.25) is 0 Å². The van der Waals surface area contributed by atoms with Gasteiger partial charge in [0.1, 0.15) is 5.75 Å². The summed E-state index contributed by atoms with van der Waals surface area (Å²) in [5, 5.41) is 21.5. The summed E-state index contributed by atoms with van der Waals surface area (Å²) in [4.78, 5) is 0.803. The number of hydrogen-bond donors (Lipinski definition) is 2. The topological polar surface area (TPSA) is 45.4 Å². The number of aromatic hydroxyl groups is 1. The molecule has 4 heteroatoms. The largest absolute Gasteiger partial charge is 0.507 e. The minimum atomic E-state index is -0.478. The molecule has 1 atom stereocenters. The summed E-state index contributed by atoms with van der Waals surface area (Å²) in [6, 6.07) is 15.5. The van der Waals surface area contributed by atoms with Crippen molar-refractivity contribution in [2.24, 2.45) is 0 Å². The lowest BCUT2D eigenvalue weighted by molar-refractivity contribution is 0.179. The lowest BCUT2D eigenvalue weighted by Gasteiger charge is -2.15. The van der Waals surface area contributed by atoms with E-state index >= 15 is 0 Å². The number of phenols is 1. The second kappa shape index (κ2) is 6.69. The van der Waals surface area contributed by atoms with E-state index in [4.69, 9.17) is 0 Å². The zero-order valence-electron chi connectivity index (χ0n) is 13.4. The summed E-state index contributed by atoms with van der Waals surface area (Å²) in [6.45, 7) is 4.77. The van der Waals surface area contributed by atoms with Crippen LogP contribution in [0.5, 0.6) is 5.75 Å². The lowest BCUT2D eigenvalue weighted by atomic mass is 10.2. The molecule has 0 aliphatic heterocycles. The van der Waals surface area contributed by atoms with Gasteiger partial charge in [-0.1, -0.05) is 30.3 Å². The monoisotopic (exact) mass is 327 g/mol. The van der Waals surface area contributed by atoms with E-state index in [1.165, 1.54) is 28.4 Å². The first-order chi connectivity index (χ1) is 11.1. The van der Waals surface area contributed by atoms with E-state index in [1.54, 1.807) is 12.1 Å². The van der Waals surface area contributed by atoms with Crippen LogP contribution in [0.25, 0.3) is 10.9 Å². The average Bonchev–Trinajstić information content (AvgIpc) is 2.80. The Morgan fingerprint density at radius 3 is 2.52 bits per heavy atom. The van der Waals surface area contributed by atoms with Crippen LogP contribution in [-0.2, 0) is 6.54 Å². The number of aliphatic hydroxyl groups is 1. The van der Waals surface area contributed by atoms with Crippen molar-refractivity contribution < 1.29 is 10.2 Å². The van der Waals surface area contributed by atoms with Gasteiger partial charge in [-0.25, -0.2) is 0 Å². The Morgan fingerprint density at radius 1 is 1.04 bits per heavy atom. The first kappa shape index (κ1) is 16.0. The van der Waals surface area contributed by atoms with Gasteiger partial charge in [-0.05, 0) is 37.6 Å². The molecule has 3 aromatic rings. The molecule has 1 aromatic heterocycles. The summed E-state index contributed by atoms with van der Waals surface area (Å²) in [6.07, 6.45) is -0.478. The molecule has 0 saturated heterocycles. The molecule has 0 fully saturated rings. The summed E-state index contributed by atoms with van der Waals surface area (Å²) in [7, 11) is 0. The molecular formula is C19H21NO2S. The van der Waals surface area contributed by atoms with Gasteiger partial charge in [0.05, 0.1) is 6.10 Å². The number of aliphatic hydroxyl groups excluding tert-OH is 1. The molecule has 0 aliphatic carbocycles. The van der Waals surface area contributed by atoms with Crippen LogP contribution in [0.4, 0.5) is 0 Å². The maximum Gasteiger partial charge on any atom is 0.129 e. The first-order valence-electron chi connectivity index (χ1n) is 7.71. The van der Waals surface area contributed by atoms with Gasteiger partial charge >= 0.3 is 0 Å². The van der Waals surface area contributed by atoms with Gasteiger partial charge in [-0.2, -0.15) is 0 Å². The van der Waals surface area contributed by atoms with Crippen LogP contribution < -0.4 is 0 Å². The van der Waals surface area contributed by atoms with Crippen molar-refractivity contribution in [3.05, 3.63) is 59.8 Å². The molecule has 3 rings (SSSR count).